The third-order valence-corrected chi connectivity index (χ3v) is 3.49. The van der Waals surface area contributed by atoms with Gasteiger partial charge in [0.1, 0.15) is 0 Å². The molecule has 8 heteroatoms. The highest BCUT2D eigenvalue weighted by Gasteiger charge is 2.12. The van der Waals surface area contributed by atoms with E-state index in [1.54, 1.807) is 12.1 Å². The summed E-state index contributed by atoms with van der Waals surface area (Å²) in [6.45, 7) is 0. The fourth-order valence-electron chi connectivity index (χ4n) is 1.10. The number of nitrogens with one attached hydrogen (secondary N) is 1. The smallest absolute Gasteiger partial charge is 0.184 e. The highest BCUT2D eigenvalue weighted by Crippen LogP contribution is 2.19. The number of nitrogens with two attached hydrogens (primary N) is 1. The quantitative estimate of drug-likeness (QED) is 0.489. The van der Waals surface area contributed by atoms with E-state index in [-0.39, 0.29) is 10.0 Å². The Labute approximate surface area is 113 Å². The van der Waals surface area contributed by atoms with Crippen molar-refractivity contribution in [2.75, 3.05) is 6.26 Å². The Kier molecular flexibility index (Phi) is 4.61. The number of sulfone groups is 1. The van der Waals surface area contributed by atoms with Crippen molar-refractivity contribution in [1.29, 1.82) is 0 Å². The van der Waals surface area contributed by atoms with E-state index >= 15 is 0 Å². The second-order valence-electron chi connectivity index (χ2n) is 3.19. The molecule has 0 aliphatic heterocycles. The number of rotatable bonds is 3. The Morgan fingerprint density at radius 3 is 2.76 bits per heavy atom. The van der Waals surface area contributed by atoms with Crippen LogP contribution in [-0.4, -0.2) is 26.0 Å². The second kappa shape index (κ2) is 5.56. The third kappa shape index (κ3) is 4.41. The zero-order chi connectivity index (χ0) is 13.1. The van der Waals surface area contributed by atoms with Crippen molar-refractivity contribution >= 4 is 49.3 Å². The second-order valence-corrected chi connectivity index (χ2v) is 6.53. The maximum atomic E-state index is 11.5. The maximum absolute atomic E-state index is 11.5. The van der Waals surface area contributed by atoms with Gasteiger partial charge in [-0.25, -0.2) is 8.42 Å². The van der Waals surface area contributed by atoms with E-state index in [2.05, 4.69) is 38.7 Å². The molecule has 3 N–H and O–H groups in total. The van der Waals surface area contributed by atoms with E-state index in [9.17, 15) is 8.42 Å². The van der Waals surface area contributed by atoms with E-state index in [1.807, 2.05) is 0 Å². The first-order valence-electron chi connectivity index (χ1n) is 4.39. The molecule has 5 nitrogen and oxygen atoms in total. The van der Waals surface area contributed by atoms with Gasteiger partial charge in [-0.15, -0.1) is 0 Å². The number of benzene rings is 1. The topological polar surface area (TPSA) is 84.5 Å². The van der Waals surface area contributed by atoms with Crippen molar-refractivity contribution in [3.63, 3.8) is 0 Å². The van der Waals surface area contributed by atoms with Crippen LogP contribution in [-0.2, 0) is 9.84 Å². The molecular formula is C9H10BrN3O2S2. The predicted octanol–water partition coefficient (Wildman–Crippen LogP) is 1.02. The van der Waals surface area contributed by atoms with Crippen molar-refractivity contribution in [3.8, 4) is 0 Å². The summed E-state index contributed by atoms with van der Waals surface area (Å²) in [5, 5.41) is 3.74. The summed E-state index contributed by atoms with van der Waals surface area (Å²) in [6.07, 6.45) is 2.48. The molecule has 0 atom stereocenters. The Morgan fingerprint density at radius 2 is 2.24 bits per heavy atom. The summed E-state index contributed by atoms with van der Waals surface area (Å²) < 4.78 is 23.8. The Balaban J connectivity index is 3.16. The summed E-state index contributed by atoms with van der Waals surface area (Å²) in [7, 11) is -3.32. The zero-order valence-electron chi connectivity index (χ0n) is 8.84. The highest BCUT2D eigenvalue weighted by atomic mass is 79.9. The lowest BCUT2D eigenvalue weighted by Gasteiger charge is -2.04. The van der Waals surface area contributed by atoms with Crippen molar-refractivity contribution in [3.05, 3.63) is 28.2 Å². The van der Waals surface area contributed by atoms with Gasteiger partial charge in [0, 0.05) is 16.3 Å². The normalized spacial score (nSPS) is 11.6. The Bertz CT molecular complexity index is 570. The van der Waals surface area contributed by atoms with Crippen LogP contribution in [0.3, 0.4) is 0 Å². The fraction of sp³-hybridized carbons (Fsp3) is 0.111. The molecule has 0 bridgehead atoms. The maximum Gasteiger partial charge on any atom is 0.184 e. The van der Waals surface area contributed by atoms with Crippen LogP contribution in [0.25, 0.3) is 0 Å². The molecule has 92 valence electrons. The minimum Gasteiger partial charge on any atom is -0.375 e. The summed E-state index contributed by atoms with van der Waals surface area (Å²) in [4.78, 5) is 0.181. The summed E-state index contributed by atoms with van der Waals surface area (Å²) in [6, 6.07) is 4.86. The molecule has 1 aromatic carbocycles. The molecule has 17 heavy (non-hydrogen) atoms. The molecule has 0 fully saturated rings. The molecule has 1 rings (SSSR count). The van der Waals surface area contributed by atoms with Crippen molar-refractivity contribution in [2.24, 2.45) is 10.8 Å². The van der Waals surface area contributed by atoms with Crippen LogP contribution in [0.4, 0.5) is 0 Å². The molecule has 0 aliphatic carbocycles. The number of hydrogen-bond donors (Lipinski definition) is 2. The number of thiocarbonyl (C=S) groups is 1. The van der Waals surface area contributed by atoms with Crippen molar-refractivity contribution in [2.45, 2.75) is 4.90 Å². The number of hydrazone groups is 1. The van der Waals surface area contributed by atoms with Gasteiger partial charge in [0.05, 0.1) is 11.1 Å². The molecular weight excluding hydrogens is 326 g/mol. The van der Waals surface area contributed by atoms with Crippen LogP contribution in [0.1, 0.15) is 5.56 Å². The lowest BCUT2D eigenvalue weighted by atomic mass is 10.2. The van der Waals surface area contributed by atoms with Gasteiger partial charge >= 0.3 is 0 Å². The van der Waals surface area contributed by atoms with E-state index in [4.69, 9.17) is 5.73 Å². The van der Waals surface area contributed by atoms with Crippen LogP contribution >= 0.6 is 28.1 Å². The van der Waals surface area contributed by atoms with Gasteiger partial charge < -0.3 is 5.73 Å². The first-order valence-corrected chi connectivity index (χ1v) is 7.48. The van der Waals surface area contributed by atoms with Crippen LogP contribution in [0, 0.1) is 0 Å². The van der Waals surface area contributed by atoms with Crippen LogP contribution < -0.4 is 11.2 Å². The van der Waals surface area contributed by atoms with Gasteiger partial charge in [0.2, 0.25) is 0 Å². The molecule has 0 radical (unpaired) electrons. The first kappa shape index (κ1) is 14.1. The molecule has 0 amide bonds. The molecule has 0 unspecified atom stereocenters. The minimum atomic E-state index is -3.32. The lowest BCUT2D eigenvalue weighted by molar-refractivity contribution is 0.601. The molecule has 0 saturated heterocycles. The SMILES string of the molecule is CS(=O)(=O)c1cc(Br)ccc1C=NNC(N)=S. The van der Waals surface area contributed by atoms with Gasteiger partial charge in [-0.3, -0.25) is 5.43 Å². The third-order valence-electron chi connectivity index (χ3n) is 1.75. The van der Waals surface area contributed by atoms with Gasteiger partial charge in [-0.2, -0.15) is 5.10 Å². The summed E-state index contributed by atoms with van der Waals surface area (Å²) in [5.41, 5.74) is 8.00. The molecule has 1 aromatic rings. The zero-order valence-corrected chi connectivity index (χ0v) is 12.1. The Hall–Kier alpha value is -0.990. The average Bonchev–Trinajstić information content (AvgIpc) is 2.18. The number of hydrogen-bond acceptors (Lipinski definition) is 4. The summed E-state index contributed by atoms with van der Waals surface area (Å²) >= 11 is 7.78. The van der Waals surface area contributed by atoms with E-state index < -0.39 is 9.84 Å². The van der Waals surface area contributed by atoms with Crippen LogP contribution in [0.2, 0.25) is 0 Å². The van der Waals surface area contributed by atoms with Crippen LogP contribution in [0.15, 0.2) is 32.7 Å². The first-order chi connectivity index (χ1) is 7.80. The molecule has 0 aliphatic rings. The minimum absolute atomic E-state index is 0.0132. The molecule has 0 spiro atoms. The monoisotopic (exact) mass is 335 g/mol. The summed E-state index contributed by atoms with van der Waals surface area (Å²) in [5.74, 6) is 0. The predicted molar refractivity (Wildman–Crippen MR) is 74.8 cm³/mol. The van der Waals surface area contributed by atoms with Gasteiger partial charge in [0.25, 0.3) is 0 Å². The van der Waals surface area contributed by atoms with Crippen LogP contribution in [0.5, 0.6) is 0 Å². The highest BCUT2D eigenvalue weighted by molar-refractivity contribution is 9.10. The fourth-order valence-corrected chi connectivity index (χ4v) is 2.56. The largest absolute Gasteiger partial charge is 0.375 e. The Morgan fingerprint density at radius 1 is 1.59 bits per heavy atom. The molecule has 0 aromatic heterocycles. The van der Waals surface area contributed by atoms with Gasteiger partial charge in [-0.05, 0) is 24.4 Å². The molecule has 0 heterocycles. The number of nitrogens with zero attached hydrogens (tertiary/aromatic N) is 1. The standard InChI is InChI=1S/C9H10BrN3O2S2/c1-17(14,15)8-4-7(10)3-2-6(8)5-12-13-9(11)16/h2-5H,1H3,(H3,11,13,16). The van der Waals surface area contributed by atoms with Gasteiger partial charge in [-0.1, -0.05) is 22.0 Å². The van der Waals surface area contributed by atoms with E-state index in [1.165, 1.54) is 12.3 Å². The van der Waals surface area contributed by atoms with Crippen molar-refractivity contribution < 1.29 is 8.42 Å². The number of halogens is 1. The molecule has 0 saturated carbocycles. The van der Waals surface area contributed by atoms with E-state index in [0.29, 0.717) is 10.0 Å². The lowest BCUT2D eigenvalue weighted by Crippen LogP contribution is -2.24. The van der Waals surface area contributed by atoms with E-state index in [0.717, 1.165) is 6.26 Å². The van der Waals surface area contributed by atoms with Gasteiger partial charge in [0.15, 0.2) is 14.9 Å². The average molecular weight is 336 g/mol. The van der Waals surface area contributed by atoms with Crippen molar-refractivity contribution in [1.82, 2.24) is 5.43 Å².